The van der Waals surface area contributed by atoms with Crippen LogP contribution in [0, 0.1) is 5.82 Å². The van der Waals surface area contributed by atoms with E-state index in [9.17, 15) is 12.8 Å². The van der Waals surface area contributed by atoms with Crippen molar-refractivity contribution in [3.8, 4) is 0 Å². The molecule has 0 unspecified atom stereocenters. The Morgan fingerprint density at radius 1 is 1.33 bits per heavy atom. The average Bonchev–Trinajstić information content (AvgIpc) is 1.99. The molecule has 7 heteroatoms. The number of benzene rings is 1. The minimum Gasteiger partial charge on any atom is -0.283 e. The van der Waals surface area contributed by atoms with Crippen LogP contribution in [0.15, 0.2) is 18.2 Å². The SMILES string of the molecule is O=S(=O)(CCCl)Nc1cc(F)cc(Cl)c1. The predicted molar refractivity (Wildman–Crippen MR) is 59.5 cm³/mol. The highest BCUT2D eigenvalue weighted by molar-refractivity contribution is 7.92. The Hall–Kier alpha value is -0.520. The summed E-state index contributed by atoms with van der Waals surface area (Å²) in [7, 11) is -3.53. The number of nitrogens with one attached hydrogen (secondary N) is 1. The standard InChI is InChI=1S/C8H8Cl2FNO2S/c9-1-2-15(13,14)12-8-4-6(10)3-7(11)5-8/h3-5,12H,1-2H2. The van der Waals surface area contributed by atoms with Crippen LogP contribution in [-0.2, 0) is 10.0 Å². The summed E-state index contributed by atoms with van der Waals surface area (Å²) in [5.41, 5.74) is 0.0881. The molecule has 0 atom stereocenters. The molecule has 0 aliphatic carbocycles. The van der Waals surface area contributed by atoms with E-state index in [-0.39, 0.29) is 22.3 Å². The second kappa shape index (κ2) is 5.01. The summed E-state index contributed by atoms with van der Waals surface area (Å²) < 4.78 is 37.5. The van der Waals surface area contributed by atoms with Crippen molar-refractivity contribution in [3.63, 3.8) is 0 Å². The van der Waals surface area contributed by atoms with Crippen molar-refractivity contribution < 1.29 is 12.8 Å². The van der Waals surface area contributed by atoms with Gasteiger partial charge in [-0.2, -0.15) is 0 Å². The Bertz CT molecular complexity index is 430. The summed E-state index contributed by atoms with van der Waals surface area (Å²) in [4.78, 5) is 0. The van der Waals surface area contributed by atoms with Crippen LogP contribution in [0.1, 0.15) is 0 Å². The molecule has 0 spiro atoms. The van der Waals surface area contributed by atoms with Crippen molar-refractivity contribution in [1.82, 2.24) is 0 Å². The van der Waals surface area contributed by atoms with Gasteiger partial charge < -0.3 is 0 Å². The molecule has 1 rings (SSSR count). The van der Waals surface area contributed by atoms with Crippen molar-refractivity contribution in [2.75, 3.05) is 16.4 Å². The van der Waals surface area contributed by atoms with Crippen molar-refractivity contribution in [1.29, 1.82) is 0 Å². The zero-order valence-corrected chi connectivity index (χ0v) is 9.83. The lowest BCUT2D eigenvalue weighted by atomic mass is 10.3. The summed E-state index contributed by atoms with van der Waals surface area (Å²) in [5, 5.41) is 0.124. The quantitative estimate of drug-likeness (QED) is 0.856. The maximum absolute atomic E-state index is 12.8. The average molecular weight is 272 g/mol. The van der Waals surface area contributed by atoms with Gasteiger partial charge in [-0.3, -0.25) is 4.72 Å². The van der Waals surface area contributed by atoms with Crippen LogP contribution in [0.25, 0.3) is 0 Å². The minimum absolute atomic E-state index is 0.0294. The molecule has 3 nitrogen and oxygen atoms in total. The number of hydrogen-bond acceptors (Lipinski definition) is 2. The second-order valence-electron chi connectivity index (χ2n) is 2.77. The van der Waals surface area contributed by atoms with Gasteiger partial charge in [0.05, 0.1) is 11.4 Å². The van der Waals surface area contributed by atoms with E-state index in [1.165, 1.54) is 6.07 Å². The predicted octanol–water partition coefficient (Wildman–Crippen LogP) is 2.46. The van der Waals surface area contributed by atoms with Gasteiger partial charge in [-0.15, -0.1) is 11.6 Å². The van der Waals surface area contributed by atoms with E-state index in [1.54, 1.807) is 0 Å². The molecule has 0 amide bonds. The number of alkyl halides is 1. The van der Waals surface area contributed by atoms with Crippen LogP contribution in [-0.4, -0.2) is 20.1 Å². The van der Waals surface area contributed by atoms with Gasteiger partial charge in [0.2, 0.25) is 10.0 Å². The van der Waals surface area contributed by atoms with Gasteiger partial charge in [-0.05, 0) is 18.2 Å². The number of rotatable bonds is 4. The zero-order chi connectivity index (χ0) is 11.5. The van der Waals surface area contributed by atoms with E-state index < -0.39 is 15.8 Å². The molecule has 0 aromatic heterocycles. The number of sulfonamides is 1. The first kappa shape index (κ1) is 12.5. The third-order valence-corrected chi connectivity index (χ3v) is 3.40. The summed E-state index contributed by atoms with van der Waals surface area (Å²) in [6, 6.07) is 3.44. The molecule has 0 bridgehead atoms. The van der Waals surface area contributed by atoms with Gasteiger partial charge in [0.25, 0.3) is 0 Å². The van der Waals surface area contributed by atoms with Crippen molar-refractivity contribution >= 4 is 38.9 Å². The lowest BCUT2D eigenvalue weighted by Crippen LogP contribution is -2.17. The van der Waals surface area contributed by atoms with Crippen LogP contribution in [0.2, 0.25) is 5.02 Å². The monoisotopic (exact) mass is 271 g/mol. The third kappa shape index (κ3) is 4.24. The largest absolute Gasteiger partial charge is 0.283 e. The molecule has 15 heavy (non-hydrogen) atoms. The summed E-state index contributed by atoms with van der Waals surface area (Å²) in [6.07, 6.45) is 0. The van der Waals surface area contributed by atoms with E-state index in [0.29, 0.717) is 0 Å². The molecule has 1 N–H and O–H groups in total. The lowest BCUT2D eigenvalue weighted by Gasteiger charge is -2.06. The zero-order valence-electron chi connectivity index (χ0n) is 7.50. The molecule has 1 aromatic carbocycles. The molecule has 84 valence electrons. The van der Waals surface area contributed by atoms with Crippen molar-refractivity contribution in [3.05, 3.63) is 29.0 Å². The van der Waals surface area contributed by atoms with Crippen LogP contribution >= 0.6 is 23.2 Å². The Balaban J connectivity index is 2.90. The van der Waals surface area contributed by atoms with E-state index in [2.05, 4.69) is 4.72 Å². The van der Waals surface area contributed by atoms with Crippen molar-refractivity contribution in [2.45, 2.75) is 0 Å². The van der Waals surface area contributed by atoms with Gasteiger partial charge in [-0.1, -0.05) is 11.6 Å². The van der Waals surface area contributed by atoms with Crippen LogP contribution in [0.4, 0.5) is 10.1 Å². The fourth-order valence-electron chi connectivity index (χ4n) is 0.945. The molecule has 0 heterocycles. The first-order valence-corrected chi connectivity index (χ1v) is 6.52. The molecular formula is C8H8Cl2FNO2S. The third-order valence-electron chi connectivity index (χ3n) is 1.48. The second-order valence-corrected chi connectivity index (χ2v) is 5.42. The number of halogens is 3. The van der Waals surface area contributed by atoms with Crippen LogP contribution < -0.4 is 4.72 Å². The Morgan fingerprint density at radius 3 is 2.53 bits per heavy atom. The normalized spacial score (nSPS) is 11.4. The maximum atomic E-state index is 12.8. The minimum atomic E-state index is -3.53. The molecule has 0 saturated heterocycles. The molecule has 0 aliphatic rings. The molecular weight excluding hydrogens is 264 g/mol. The Kier molecular flexibility index (Phi) is 4.19. The Morgan fingerprint density at radius 2 is 2.00 bits per heavy atom. The fourth-order valence-corrected chi connectivity index (χ4v) is 2.56. The van der Waals surface area contributed by atoms with E-state index in [0.717, 1.165) is 12.1 Å². The number of hydrogen-bond donors (Lipinski definition) is 1. The smallest absolute Gasteiger partial charge is 0.233 e. The van der Waals surface area contributed by atoms with Gasteiger partial charge in [0.15, 0.2) is 0 Å². The van der Waals surface area contributed by atoms with Gasteiger partial charge in [0.1, 0.15) is 5.82 Å². The highest BCUT2D eigenvalue weighted by Crippen LogP contribution is 2.19. The Labute approximate surface area is 97.2 Å². The van der Waals surface area contributed by atoms with Crippen molar-refractivity contribution in [2.24, 2.45) is 0 Å². The summed E-state index contributed by atoms with van der Waals surface area (Å²) >= 11 is 10.9. The molecule has 0 radical (unpaired) electrons. The van der Waals surface area contributed by atoms with E-state index >= 15 is 0 Å². The molecule has 0 fully saturated rings. The van der Waals surface area contributed by atoms with Crippen LogP contribution in [0.5, 0.6) is 0 Å². The molecule has 0 aliphatic heterocycles. The number of anilines is 1. The van der Waals surface area contributed by atoms with Gasteiger partial charge >= 0.3 is 0 Å². The summed E-state index contributed by atoms with van der Waals surface area (Å²) in [6.45, 7) is 0. The fraction of sp³-hybridized carbons (Fsp3) is 0.250. The first-order valence-electron chi connectivity index (χ1n) is 3.95. The van der Waals surface area contributed by atoms with Gasteiger partial charge in [-0.25, -0.2) is 12.8 Å². The lowest BCUT2D eigenvalue weighted by molar-refractivity contribution is 0.602. The first-order chi connectivity index (χ1) is 6.93. The van der Waals surface area contributed by atoms with Gasteiger partial charge in [0, 0.05) is 10.9 Å². The highest BCUT2D eigenvalue weighted by Gasteiger charge is 2.10. The maximum Gasteiger partial charge on any atom is 0.233 e. The molecule has 0 saturated carbocycles. The van der Waals surface area contributed by atoms with Crippen LogP contribution in [0.3, 0.4) is 0 Å². The highest BCUT2D eigenvalue weighted by atomic mass is 35.5. The topological polar surface area (TPSA) is 46.2 Å². The van der Waals surface area contributed by atoms with E-state index in [1.807, 2.05) is 0 Å². The van der Waals surface area contributed by atoms with E-state index in [4.69, 9.17) is 23.2 Å². The summed E-state index contributed by atoms with van der Waals surface area (Å²) in [5.74, 6) is -0.868. The molecule has 1 aromatic rings.